The fraction of sp³-hybridized carbons (Fsp3) is 0.556. The maximum Gasteiger partial charge on any atom is 0.240 e. The molecule has 0 aliphatic heterocycles. The first-order valence-corrected chi connectivity index (χ1v) is 8.11. The van der Waals surface area contributed by atoms with Gasteiger partial charge in [0.1, 0.15) is 0 Å². The zero-order valence-electron chi connectivity index (χ0n) is 13.3. The lowest BCUT2D eigenvalue weighted by Gasteiger charge is -2.07. The van der Waals surface area contributed by atoms with Crippen LogP contribution in [0.2, 0.25) is 0 Å². The van der Waals surface area contributed by atoms with E-state index in [2.05, 4.69) is 16.9 Å². The van der Waals surface area contributed by atoms with E-state index in [1.807, 2.05) is 0 Å². The van der Waals surface area contributed by atoms with E-state index in [1.54, 1.807) is 30.4 Å². The molecule has 1 rings (SSSR count). The molecule has 0 radical (unpaired) electrons. The fourth-order valence-electron chi connectivity index (χ4n) is 2.56. The normalized spacial score (nSPS) is 9.86. The Labute approximate surface area is 132 Å². The van der Waals surface area contributed by atoms with Gasteiger partial charge in [0.05, 0.1) is 11.4 Å². The molecule has 0 amide bonds. The van der Waals surface area contributed by atoms with Crippen LogP contribution in [0, 0.1) is 0 Å². The van der Waals surface area contributed by atoms with Crippen LogP contribution in [0.4, 0.5) is 11.4 Å². The summed E-state index contributed by atoms with van der Waals surface area (Å²) in [6.07, 6.45) is 13.7. The standard InChI is InChI=1S/C18H24N2O2/c1-2-3-4-5-6-7-8-9-11-16-17(19-14-21)12-10-13-18(16)20-15-22/h10,12-13H,2-9,11H2,1H3. The number of nitrogens with zero attached hydrogens (tertiary/aromatic N) is 2. The molecule has 1 aromatic carbocycles. The van der Waals surface area contributed by atoms with Crippen molar-refractivity contribution in [2.45, 2.75) is 64.7 Å². The summed E-state index contributed by atoms with van der Waals surface area (Å²) in [4.78, 5) is 28.4. The Kier molecular flexibility index (Phi) is 9.52. The van der Waals surface area contributed by atoms with E-state index in [4.69, 9.17) is 0 Å². The summed E-state index contributed by atoms with van der Waals surface area (Å²) >= 11 is 0. The SMILES string of the molecule is CCCCCCCCCCc1c(N=C=O)cccc1N=C=O. The van der Waals surface area contributed by atoms with E-state index < -0.39 is 0 Å². The van der Waals surface area contributed by atoms with Gasteiger partial charge in [0.2, 0.25) is 12.2 Å². The van der Waals surface area contributed by atoms with Crippen molar-refractivity contribution in [1.29, 1.82) is 0 Å². The second-order valence-corrected chi connectivity index (χ2v) is 5.41. The van der Waals surface area contributed by atoms with Gasteiger partial charge in [-0.15, -0.1) is 0 Å². The lowest BCUT2D eigenvalue weighted by Crippen LogP contribution is -1.89. The molecule has 0 saturated heterocycles. The van der Waals surface area contributed by atoms with Gasteiger partial charge in [0.15, 0.2) is 0 Å². The second kappa shape index (κ2) is 11.6. The third kappa shape index (κ3) is 6.62. The van der Waals surface area contributed by atoms with Gasteiger partial charge in [-0.3, -0.25) is 0 Å². The first-order valence-electron chi connectivity index (χ1n) is 8.11. The highest BCUT2D eigenvalue weighted by Crippen LogP contribution is 2.30. The molecule has 0 fully saturated rings. The van der Waals surface area contributed by atoms with Crippen molar-refractivity contribution < 1.29 is 9.59 Å². The summed E-state index contributed by atoms with van der Waals surface area (Å²) in [6.45, 7) is 2.22. The third-order valence-corrected chi connectivity index (χ3v) is 3.74. The molecule has 0 aliphatic carbocycles. The molecule has 0 aromatic heterocycles. The van der Waals surface area contributed by atoms with Crippen molar-refractivity contribution in [3.63, 3.8) is 0 Å². The van der Waals surface area contributed by atoms with Crippen LogP contribution in [-0.4, -0.2) is 12.2 Å². The van der Waals surface area contributed by atoms with Gasteiger partial charge < -0.3 is 0 Å². The van der Waals surface area contributed by atoms with Crippen LogP contribution in [0.1, 0.15) is 63.9 Å². The molecule has 0 saturated carbocycles. The van der Waals surface area contributed by atoms with Crippen LogP contribution in [0.3, 0.4) is 0 Å². The van der Waals surface area contributed by atoms with E-state index in [-0.39, 0.29) is 0 Å². The summed E-state index contributed by atoms with van der Waals surface area (Å²) in [5.74, 6) is 0. The smallest absolute Gasteiger partial charge is 0.211 e. The number of aliphatic imine (C=N–C) groups is 2. The minimum absolute atomic E-state index is 0.550. The van der Waals surface area contributed by atoms with Crippen molar-refractivity contribution in [2.75, 3.05) is 0 Å². The average molecular weight is 300 g/mol. The Morgan fingerprint density at radius 2 is 1.32 bits per heavy atom. The predicted molar refractivity (Wildman–Crippen MR) is 88.3 cm³/mol. The molecular weight excluding hydrogens is 276 g/mol. The number of carbonyl (C=O) groups excluding carboxylic acids is 2. The van der Waals surface area contributed by atoms with Gasteiger partial charge in [0, 0.05) is 5.56 Å². The Hall–Kier alpha value is -2.02. The van der Waals surface area contributed by atoms with E-state index >= 15 is 0 Å². The highest BCUT2D eigenvalue weighted by Gasteiger charge is 2.07. The molecule has 1 aromatic rings. The Bertz CT molecular complexity index is 506. The molecule has 0 heterocycles. The maximum absolute atomic E-state index is 10.5. The van der Waals surface area contributed by atoms with Gasteiger partial charge >= 0.3 is 0 Å². The lowest BCUT2D eigenvalue weighted by molar-refractivity contribution is 0.565. The summed E-state index contributed by atoms with van der Waals surface area (Å²) in [5.41, 5.74) is 1.93. The number of hydrogen-bond donors (Lipinski definition) is 0. The molecule has 0 spiro atoms. The molecule has 118 valence electrons. The van der Waals surface area contributed by atoms with Gasteiger partial charge in [0.25, 0.3) is 0 Å². The summed E-state index contributed by atoms with van der Waals surface area (Å²) in [7, 11) is 0. The van der Waals surface area contributed by atoms with E-state index in [1.165, 1.54) is 38.5 Å². The van der Waals surface area contributed by atoms with Gasteiger partial charge in [-0.1, -0.05) is 57.9 Å². The zero-order valence-corrected chi connectivity index (χ0v) is 13.3. The van der Waals surface area contributed by atoms with Crippen LogP contribution in [0.15, 0.2) is 28.2 Å². The number of isocyanates is 2. The van der Waals surface area contributed by atoms with E-state index in [9.17, 15) is 9.59 Å². The zero-order chi connectivity index (χ0) is 16.0. The first kappa shape index (κ1) is 18.0. The molecule has 4 nitrogen and oxygen atoms in total. The summed E-state index contributed by atoms with van der Waals surface area (Å²) in [6, 6.07) is 5.22. The number of benzene rings is 1. The second-order valence-electron chi connectivity index (χ2n) is 5.41. The quantitative estimate of drug-likeness (QED) is 0.316. The minimum Gasteiger partial charge on any atom is -0.211 e. The fourth-order valence-corrected chi connectivity index (χ4v) is 2.56. The largest absolute Gasteiger partial charge is 0.240 e. The van der Waals surface area contributed by atoms with E-state index in [0.717, 1.165) is 24.8 Å². The Balaban J connectivity index is 2.50. The molecular formula is C18H24N2O2. The number of hydrogen-bond acceptors (Lipinski definition) is 4. The summed E-state index contributed by atoms with van der Waals surface area (Å²) in [5, 5.41) is 0. The van der Waals surface area contributed by atoms with Crippen LogP contribution in [-0.2, 0) is 16.0 Å². The Morgan fingerprint density at radius 1 is 0.818 bits per heavy atom. The van der Waals surface area contributed by atoms with Crippen molar-refractivity contribution in [2.24, 2.45) is 9.98 Å². The molecule has 0 N–H and O–H groups in total. The highest BCUT2D eigenvalue weighted by molar-refractivity contribution is 5.65. The minimum atomic E-state index is 0.550. The van der Waals surface area contributed by atoms with Gasteiger partial charge in [-0.25, -0.2) is 9.59 Å². The van der Waals surface area contributed by atoms with Crippen LogP contribution < -0.4 is 0 Å². The molecule has 0 bridgehead atoms. The van der Waals surface area contributed by atoms with Crippen LogP contribution in [0.25, 0.3) is 0 Å². The molecule has 0 aliphatic rings. The first-order chi connectivity index (χ1) is 10.8. The van der Waals surface area contributed by atoms with E-state index in [0.29, 0.717) is 11.4 Å². The molecule has 22 heavy (non-hydrogen) atoms. The van der Waals surface area contributed by atoms with Crippen molar-refractivity contribution in [3.8, 4) is 0 Å². The average Bonchev–Trinajstić information content (AvgIpc) is 2.52. The van der Waals surface area contributed by atoms with Crippen molar-refractivity contribution >= 4 is 23.5 Å². The van der Waals surface area contributed by atoms with Crippen LogP contribution in [0.5, 0.6) is 0 Å². The van der Waals surface area contributed by atoms with Crippen LogP contribution >= 0.6 is 0 Å². The predicted octanol–water partition coefficient (Wildman–Crippen LogP) is 5.30. The van der Waals surface area contributed by atoms with Crippen molar-refractivity contribution in [3.05, 3.63) is 23.8 Å². The van der Waals surface area contributed by atoms with Crippen molar-refractivity contribution in [1.82, 2.24) is 0 Å². The lowest BCUT2D eigenvalue weighted by atomic mass is 10.0. The molecule has 0 atom stereocenters. The van der Waals surface area contributed by atoms with Gasteiger partial charge in [-0.2, -0.15) is 9.98 Å². The topological polar surface area (TPSA) is 58.9 Å². The highest BCUT2D eigenvalue weighted by atomic mass is 16.1. The summed E-state index contributed by atoms with van der Waals surface area (Å²) < 4.78 is 0. The molecule has 4 heteroatoms. The third-order valence-electron chi connectivity index (χ3n) is 3.74. The number of rotatable bonds is 11. The maximum atomic E-state index is 10.5. The number of unbranched alkanes of at least 4 members (excludes halogenated alkanes) is 7. The molecule has 0 unspecified atom stereocenters. The van der Waals surface area contributed by atoms with Gasteiger partial charge in [-0.05, 0) is 25.0 Å². The monoisotopic (exact) mass is 300 g/mol. The Morgan fingerprint density at radius 3 is 1.82 bits per heavy atom.